The van der Waals surface area contributed by atoms with Crippen LogP contribution in [-0.2, 0) is 22.7 Å². The third-order valence-corrected chi connectivity index (χ3v) is 3.09. The average molecular weight is 255 g/mol. The summed E-state index contributed by atoms with van der Waals surface area (Å²) in [5, 5.41) is 12.9. The predicted octanol–water partition coefficient (Wildman–Crippen LogP) is -0.191. The number of ether oxygens (including phenoxy) is 1. The predicted molar refractivity (Wildman–Crippen MR) is 61.7 cm³/mol. The molecule has 3 N–H and O–H groups in total. The molecule has 100 valence electrons. The second-order valence-corrected chi connectivity index (χ2v) is 4.64. The van der Waals surface area contributed by atoms with Gasteiger partial charge in [-0.2, -0.15) is 0 Å². The van der Waals surface area contributed by atoms with Gasteiger partial charge in [0.25, 0.3) is 0 Å². The molecule has 0 radical (unpaired) electrons. The number of aliphatic carboxylic acids is 1. The molecule has 1 unspecified atom stereocenters. The molecule has 0 bridgehead atoms. The van der Waals surface area contributed by atoms with Crippen LogP contribution in [0.4, 0.5) is 0 Å². The number of methoxy groups -OCH3 is 1. The highest BCUT2D eigenvalue weighted by molar-refractivity contribution is 5.79. The molecular weight excluding hydrogens is 238 g/mol. The highest BCUT2D eigenvalue weighted by Crippen LogP contribution is 2.21. The van der Waals surface area contributed by atoms with Crippen LogP contribution in [0.2, 0.25) is 0 Å². The van der Waals surface area contributed by atoms with Crippen molar-refractivity contribution in [3.63, 3.8) is 0 Å². The Kier molecular flexibility index (Phi) is 3.65. The number of carbonyl (C=O) groups is 1. The van der Waals surface area contributed by atoms with E-state index in [1.165, 1.54) is 0 Å². The van der Waals surface area contributed by atoms with Crippen LogP contribution in [0.5, 0.6) is 0 Å². The monoisotopic (exact) mass is 255 g/mol. The first-order chi connectivity index (χ1) is 8.53. The maximum atomic E-state index is 11.0. The molecule has 1 saturated heterocycles. The van der Waals surface area contributed by atoms with Crippen molar-refractivity contribution in [1.29, 1.82) is 0 Å². The molecule has 7 nitrogen and oxygen atoms in total. The molecule has 0 saturated carbocycles. The Labute approximate surface area is 104 Å². The summed E-state index contributed by atoms with van der Waals surface area (Å²) in [6.45, 7) is 1.90. The second kappa shape index (κ2) is 5.05. The molecule has 0 amide bonds. The summed E-state index contributed by atoms with van der Waals surface area (Å²) in [6, 6.07) is 1.81. The van der Waals surface area contributed by atoms with E-state index >= 15 is 0 Å². The SMILES string of the molecule is COCc1cc(CN2CCC(N)(C(=O)O)C2)no1. The van der Waals surface area contributed by atoms with Gasteiger partial charge >= 0.3 is 5.97 Å². The Hall–Kier alpha value is -1.44. The van der Waals surface area contributed by atoms with Crippen molar-refractivity contribution in [3.05, 3.63) is 17.5 Å². The fraction of sp³-hybridized carbons (Fsp3) is 0.636. The lowest BCUT2D eigenvalue weighted by Gasteiger charge is -2.19. The van der Waals surface area contributed by atoms with Crippen LogP contribution in [0.3, 0.4) is 0 Å². The molecule has 1 aromatic rings. The van der Waals surface area contributed by atoms with Crippen molar-refractivity contribution in [3.8, 4) is 0 Å². The molecule has 7 heteroatoms. The highest BCUT2D eigenvalue weighted by atomic mass is 16.5. The zero-order valence-electron chi connectivity index (χ0n) is 10.3. The van der Waals surface area contributed by atoms with E-state index in [1.54, 1.807) is 13.2 Å². The van der Waals surface area contributed by atoms with Crippen LogP contribution in [-0.4, -0.2) is 46.9 Å². The van der Waals surface area contributed by atoms with Gasteiger partial charge in [-0.05, 0) is 6.42 Å². The van der Waals surface area contributed by atoms with Crippen molar-refractivity contribution in [1.82, 2.24) is 10.1 Å². The summed E-state index contributed by atoms with van der Waals surface area (Å²) in [7, 11) is 1.58. The van der Waals surface area contributed by atoms with E-state index in [0.29, 0.717) is 38.4 Å². The van der Waals surface area contributed by atoms with Crippen LogP contribution in [0.1, 0.15) is 17.9 Å². The van der Waals surface area contributed by atoms with Gasteiger partial charge in [-0.15, -0.1) is 0 Å². The number of hydrogen-bond acceptors (Lipinski definition) is 6. The smallest absolute Gasteiger partial charge is 0.325 e. The third kappa shape index (κ3) is 2.69. The van der Waals surface area contributed by atoms with Gasteiger partial charge in [-0.3, -0.25) is 9.69 Å². The first-order valence-corrected chi connectivity index (χ1v) is 5.71. The molecule has 1 atom stereocenters. The van der Waals surface area contributed by atoms with Crippen molar-refractivity contribution in [2.45, 2.75) is 25.1 Å². The van der Waals surface area contributed by atoms with Gasteiger partial charge in [0, 0.05) is 32.8 Å². The number of carboxylic acids is 1. The summed E-state index contributed by atoms with van der Waals surface area (Å²) in [5.41, 5.74) is 5.41. The number of carboxylic acid groups (broad SMARTS) is 1. The van der Waals surface area contributed by atoms with Gasteiger partial charge in [-0.1, -0.05) is 5.16 Å². The molecule has 1 aliphatic rings. The van der Waals surface area contributed by atoms with Crippen LogP contribution in [0.15, 0.2) is 10.6 Å². The minimum absolute atomic E-state index is 0.328. The average Bonchev–Trinajstić information content (AvgIpc) is 2.88. The molecule has 1 aliphatic heterocycles. The molecule has 0 spiro atoms. The molecule has 0 aliphatic carbocycles. The Morgan fingerprint density at radius 1 is 1.78 bits per heavy atom. The van der Waals surface area contributed by atoms with Gasteiger partial charge in [0.05, 0.1) is 5.69 Å². The van der Waals surface area contributed by atoms with E-state index < -0.39 is 11.5 Å². The Bertz CT molecular complexity index is 434. The quantitative estimate of drug-likeness (QED) is 0.751. The van der Waals surface area contributed by atoms with E-state index in [0.717, 1.165) is 5.69 Å². The number of likely N-dealkylation sites (tertiary alicyclic amines) is 1. The van der Waals surface area contributed by atoms with Crippen molar-refractivity contribution < 1.29 is 19.2 Å². The zero-order valence-corrected chi connectivity index (χ0v) is 10.3. The van der Waals surface area contributed by atoms with Crippen LogP contribution < -0.4 is 5.73 Å². The van der Waals surface area contributed by atoms with Crippen LogP contribution >= 0.6 is 0 Å². The molecule has 2 rings (SSSR count). The topological polar surface area (TPSA) is 102 Å². The van der Waals surface area contributed by atoms with E-state index in [4.69, 9.17) is 20.1 Å². The van der Waals surface area contributed by atoms with Crippen molar-refractivity contribution in [2.24, 2.45) is 5.73 Å². The fourth-order valence-electron chi connectivity index (χ4n) is 2.09. The van der Waals surface area contributed by atoms with E-state index in [1.807, 2.05) is 4.90 Å². The van der Waals surface area contributed by atoms with Crippen molar-refractivity contribution >= 4 is 5.97 Å². The van der Waals surface area contributed by atoms with E-state index in [-0.39, 0.29) is 0 Å². The summed E-state index contributed by atoms with van der Waals surface area (Å²) in [5.74, 6) is -0.297. The molecule has 0 aromatic carbocycles. The molecule has 1 aromatic heterocycles. The number of hydrogen-bond donors (Lipinski definition) is 2. The second-order valence-electron chi connectivity index (χ2n) is 4.64. The normalized spacial score (nSPS) is 24.6. The highest BCUT2D eigenvalue weighted by Gasteiger charge is 2.41. The number of nitrogens with two attached hydrogens (primary N) is 1. The van der Waals surface area contributed by atoms with Gasteiger partial charge < -0.3 is 20.1 Å². The fourth-order valence-corrected chi connectivity index (χ4v) is 2.09. The molecule has 18 heavy (non-hydrogen) atoms. The third-order valence-electron chi connectivity index (χ3n) is 3.09. The standard InChI is InChI=1S/C11H17N3O4/c1-17-6-9-4-8(13-18-9)5-14-3-2-11(12,7-14)10(15)16/h4H,2-3,5-7,12H2,1H3,(H,15,16). The summed E-state index contributed by atoms with van der Waals surface area (Å²) < 4.78 is 10.00. The lowest BCUT2D eigenvalue weighted by atomic mass is 10.0. The minimum Gasteiger partial charge on any atom is -0.480 e. The lowest BCUT2D eigenvalue weighted by Crippen LogP contribution is -2.50. The largest absolute Gasteiger partial charge is 0.480 e. The first kappa shape index (κ1) is 13.0. The zero-order chi connectivity index (χ0) is 13.2. The number of rotatable bonds is 5. The maximum absolute atomic E-state index is 11.0. The molecular formula is C11H17N3O4. The van der Waals surface area contributed by atoms with Crippen molar-refractivity contribution in [2.75, 3.05) is 20.2 Å². The maximum Gasteiger partial charge on any atom is 0.325 e. The number of aromatic nitrogens is 1. The van der Waals surface area contributed by atoms with Gasteiger partial charge in [0.15, 0.2) is 5.76 Å². The molecule has 2 heterocycles. The van der Waals surface area contributed by atoms with Crippen LogP contribution in [0.25, 0.3) is 0 Å². The Balaban J connectivity index is 1.93. The van der Waals surface area contributed by atoms with E-state index in [2.05, 4.69) is 5.16 Å². The van der Waals surface area contributed by atoms with E-state index in [9.17, 15) is 4.79 Å². The van der Waals surface area contributed by atoms with Crippen LogP contribution in [0, 0.1) is 0 Å². The summed E-state index contributed by atoms with van der Waals surface area (Å²) >= 11 is 0. The first-order valence-electron chi connectivity index (χ1n) is 5.71. The van der Waals surface area contributed by atoms with Gasteiger partial charge in [-0.25, -0.2) is 0 Å². The summed E-state index contributed by atoms with van der Waals surface area (Å²) in [6.07, 6.45) is 0.450. The van der Waals surface area contributed by atoms with Gasteiger partial charge in [0.1, 0.15) is 12.1 Å². The minimum atomic E-state index is -1.14. The van der Waals surface area contributed by atoms with Gasteiger partial charge in [0.2, 0.25) is 0 Å². The Morgan fingerprint density at radius 2 is 2.56 bits per heavy atom. The summed E-state index contributed by atoms with van der Waals surface area (Å²) in [4.78, 5) is 13.0. The molecule has 1 fully saturated rings. The Morgan fingerprint density at radius 3 is 3.17 bits per heavy atom. The lowest BCUT2D eigenvalue weighted by molar-refractivity contribution is -0.142. The number of nitrogens with zero attached hydrogens (tertiary/aromatic N) is 2.